The molecule has 0 saturated carbocycles. The maximum Gasteiger partial charge on any atom is 0.573 e. The fraction of sp³-hybridized carbons (Fsp3) is 0.143. The van der Waals surface area contributed by atoms with E-state index in [1.165, 1.54) is 23.3 Å². The molecule has 0 fully saturated rings. The molecule has 2 aromatic carbocycles. The van der Waals surface area contributed by atoms with Gasteiger partial charge in [-0.05, 0) is 48.5 Å². The molecule has 0 spiro atoms. The van der Waals surface area contributed by atoms with Crippen molar-refractivity contribution >= 4 is 17.5 Å². The van der Waals surface area contributed by atoms with Crippen molar-refractivity contribution in [2.75, 3.05) is 11.9 Å². The number of ether oxygens (including phenoxy) is 1. The Morgan fingerprint density at radius 1 is 0.967 bits per heavy atom. The van der Waals surface area contributed by atoms with Gasteiger partial charge in [0.05, 0.1) is 12.8 Å². The minimum Gasteiger partial charge on any atom is -0.467 e. The largest absolute Gasteiger partial charge is 0.573 e. The van der Waals surface area contributed by atoms with E-state index < -0.39 is 23.9 Å². The van der Waals surface area contributed by atoms with Gasteiger partial charge in [-0.15, -0.1) is 13.2 Å². The van der Waals surface area contributed by atoms with Gasteiger partial charge in [0, 0.05) is 11.3 Å². The molecule has 0 atom stereocenters. The predicted octanol–water partition coefficient (Wildman–Crippen LogP) is 4.46. The number of amides is 2. The van der Waals surface area contributed by atoms with Crippen molar-refractivity contribution in [1.82, 2.24) is 4.90 Å². The molecule has 9 heteroatoms. The molecule has 2 amide bonds. The highest BCUT2D eigenvalue weighted by atomic mass is 19.4. The number of furan rings is 1. The van der Waals surface area contributed by atoms with Crippen LogP contribution >= 0.6 is 0 Å². The second-order valence-electron chi connectivity index (χ2n) is 6.23. The first-order chi connectivity index (χ1) is 14.3. The van der Waals surface area contributed by atoms with Crippen LogP contribution < -0.4 is 10.1 Å². The van der Waals surface area contributed by atoms with E-state index in [1.807, 2.05) is 0 Å². The Hall–Kier alpha value is -3.75. The summed E-state index contributed by atoms with van der Waals surface area (Å²) in [5.41, 5.74) is 0.671. The lowest BCUT2D eigenvalue weighted by molar-refractivity contribution is -0.274. The summed E-state index contributed by atoms with van der Waals surface area (Å²) in [5, 5.41) is 2.68. The maximum absolute atomic E-state index is 12.9. The normalized spacial score (nSPS) is 11.0. The third-order valence-corrected chi connectivity index (χ3v) is 3.94. The lowest BCUT2D eigenvalue weighted by atomic mass is 10.2. The number of hydrogen-bond acceptors (Lipinski definition) is 4. The molecular weight excluding hydrogens is 401 g/mol. The summed E-state index contributed by atoms with van der Waals surface area (Å²) in [6, 6.07) is 16.5. The number of rotatable bonds is 7. The lowest BCUT2D eigenvalue weighted by Crippen LogP contribution is -2.37. The molecule has 0 unspecified atom stereocenters. The van der Waals surface area contributed by atoms with Crippen LogP contribution in [0.4, 0.5) is 18.9 Å². The Morgan fingerprint density at radius 2 is 1.67 bits per heavy atom. The lowest BCUT2D eigenvalue weighted by Gasteiger charge is -2.21. The molecule has 1 aromatic heterocycles. The number of halogens is 3. The molecule has 0 aliphatic carbocycles. The first-order valence-corrected chi connectivity index (χ1v) is 8.82. The zero-order valence-corrected chi connectivity index (χ0v) is 15.6. The Balaban J connectivity index is 1.74. The molecular formula is C21H17F3N2O4. The van der Waals surface area contributed by atoms with Crippen LogP contribution in [-0.4, -0.2) is 29.6 Å². The van der Waals surface area contributed by atoms with Crippen molar-refractivity contribution in [3.05, 3.63) is 84.3 Å². The van der Waals surface area contributed by atoms with E-state index >= 15 is 0 Å². The summed E-state index contributed by atoms with van der Waals surface area (Å²) in [6.07, 6.45) is -3.39. The highest BCUT2D eigenvalue weighted by Gasteiger charge is 2.31. The summed E-state index contributed by atoms with van der Waals surface area (Å²) in [4.78, 5) is 26.5. The number of nitrogens with one attached hydrogen (secondary N) is 1. The molecule has 3 aromatic rings. The molecule has 30 heavy (non-hydrogen) atoms. The second-order valence-corrected chi connectivity index (χ2v) is 6.23. The maximum atomic E-state index is 12.9. The third-order valence-electron chi connectivity index (χ3n) is 3.94. The third kappa shape index (κ3) is 6.13. The molecule has 0 aliphatic heterocycles. The van der Waals surface area contributed by atoms with E-state index in [2.05, 4.69) is 10.1 Å². The van der Waals surface area contributed by atoms with E-state index in [-0.39, 0.29) is 18.7 Å². The molecule has 6 nitrogen and oxygen atoms in total. The van der Waals surface area contributed by atoms with Gasteiger partial charge in [0.1, 0.15) is 18.1 Å². The molecule has 0 saturated heterocycles. The van der Waals surface area contributed by atoms with E-state index in [9.17, 15) is 22.8 Å². The van der Waals surface area contributed by atoms with Gasteiger partial charge in [-0.2, -0.15) is 0 Å². The molecule has 156 valence electrons. The van der Waals surface area contributed by atoms with Gasteiger partial charge >= 0.3 is 6.36 Å². The van der Waals surface area contributed by atoms with Gasteiger partial charge in [0.25, 0.3) is 5.91 Å². The molecule has 1 heterocycles. The van der Waals surface area contributed by atoms with Crippen molar-refractivity contribution in [1.29, 1.82) is 0 Å². The number of para-hydroxylation sites is 1. The quantitative estimate of drug-likeness (QED) is 0.615. The average molecular weight is 418 g/mol. The summed E-state index contributed by atoms with van der Waals surface area (Å²) in [5.74, 6) is -0.974. The molecule has 0 bridgehead atoms. The van der Waals surface area contributed by atoms with Gasteiger partial charge in [-0.1, -0.05) is 18.2 Å². The van der Waals surface area contributed by atoms with Crippen molar-refractivity contribution in [3.8, 4) is 5.75 Å². The van der Waals surface area contributed by atoms with Crippen LogP contribution in [0.15, 0.2) is 77.4 Å². The molecule has 1 N–H and O–H groups in total. The van der Waals surface area contributed by atoms with E-state index in [4.69, 9.17) is 4.42 Å². The number of anilines is 1. The minimum absolute atomic E-state index is 0.00878. The number of hydrogen-bond donors (Lipinski definition) is 1. The average Bonchev–Trinajstić information content (AvgIpc) is 3.20. The van der Waals surface area contributed by atoms with Crippen LogP contribution in [-0.2, 0) is 11.3 Å². The number of alkyl halides is 3. The first-order valence-electron chi connectivity index (χ1n) is 8.82. The van der Waals surface area contributed by atoms with Crippen LogP contribution in [0.2, 0.25) is 0 Å². The number of nitrogens with zero attached hydrogens (tertiary/aromatic N) is 1. The predicted molar refractivity (Wildman–Crippen MR) is 102 cm³/mol. The topological polar surface area (TPSA) is 71.8 Å². The molecule has 3 rings (SSSR count). The molecule has 0 radical (unpaired) electrons. The smallest absolute Gasteiger partial charge is 0.467 e. The van der Waals surface area contributed by atoms with Gasteiger partial charge < -0.3 is 19.4 Å². The Kier molecular flexibility index (Phi) is 6.41. The van der Waals surface area contributed by atoms with Gasteiger partial charge in [-0.25, -0.2) is 0 Å². The highest BCUT2D eigenvalue weighted by molar-refractivity contribution is 5.99. The van der Waals surface area contributed by atoms with Crippen molar-refractivity contribution in [2.24, 2.45) is 0 Å². The minimum atomic E-state index is -4.83. The second kappa shape index (κ2) is 9.17. The van der Waals surface area contributed by atoms with Gasteiger partial charge in [-0.3, -0.25) is 9.59 Å². The number of carbonyl (C=O) groups excluding carboxylic acids is 2. The fourth-order valence-electron chi connectivity index (χ4n) is 2.67. The fourth-order valence-corrected chi connectivity index (χ4v) is 2.67. The van der Waals surface area contributed by atoms with Crippen LogP contribution in [0.1, 0.15) is 16.1 Å². The summed E-state index contributed by atoms with van der Waals surface area (Å²) >= 11 is 0. The van der Waals surface area contributed by atoms with Gasteiger partial charge in [0.15, 0.2) is 0 Å². The summed E-state index contributed by atoms with van der Waals surface area (Å²) in [6.45, 7) is -0.274. The van der Waals surface area contributed by atoms with Crippen molar-refractivity contribution < 1.29 is 31.9 Å². The first kappa shape index (κ1) is 21.0. The van der Waals surface area contributed by atoms with E-state index in [0.717, 1.165) is 12.1 Å². The standard InChI is InChI=1S/C21H17F3N2O4/c22-21(23,24)30-17-10-8-15(9-11-17)20(28)26(13-18-7-4-12-29-18)14-19(27)25-16-5-2-1-3-6-16/h1-12H,13-14H2,(H,25,27). The number of carbonyl (C=O) groups is 2. The summed E-state index contributed by atoms with van der Waals surface area (Å²) < 4.78 is 46.0. The van der Waals surface area contributed by atoms with Crippen molar-refractivity contribution in [2.45, 2.75) is 12.9 Å². The van der Waals surface area contributed by atoms with Crippen LogP contribution in [0.5, 0.6) is 5.75 Å². The zero-order chi connectivity index (χ0) is 21.6. The molecule has 0 aliphatic rings. The SMILES string of the molecule is O=C(CN(Cc1ccco1)C(=O)c1ccc(OC(F)(F)F)cc1)Nc1ccccc1. The zero-order valence-electron chi connectivity index (χ0n) is 15.6. The summed E-state index contributed by atoms with van der Waals surface area (Å²) in [7, 11) is 0. The van der Waals surface area contributed by atoms with E-state index in [1.54, 1.807) is 42.5 Å². The van der Waals surface area contributed by atoms with Crippen LogP contribution in [0.3, 0.4) is 0 Å². The van der Waals surface area contributed by atoms with Gasteiger partial charge in [0.2, 0.25) is 5.91 Å². The Bertz CT molecular complexity index is 972. The monoisotopic (exact) mass is 418 g/mol. The number of benzene rings is 2. The highest BCUT2D eigenvalue weighted by Crippen LogP contribution is 2.23. The van der Waals surface area contributed by atoms with Crippen molar-refractivity contribution in [3.63, 3.8) is 0 Å². The van der Waals surface area contributed by atoms with Crippen LogP contribution in [0, 0.1) is 0 Å². The van der Waals surface area contributed by atoms with Crippen LogP contribution in [0.25, 0.3) is 0 Å². The Labute approximate surface area is 169 Å². The Morgan fingerprint density at radius 3 is 2.27 bits per heavy atom. The van der Waals surface area contributed by atoms with E-state index in [0.29, 0.717) is 11.4 Å².